The number of para-hydroxylation sites is 1. The van der Waals surface area contributed by atoms with Gasteiger partial charge in [-0.2, -0.15) is 0 Å². The number of aromatic amines is 1. The predicted octanol–water partition coefficient (Wildman–Crippen LogP) is 2.75. The highest BCUT2D eigenvalue weighted by atomic mass is 35.5. The number of nitrogens with zero attached hydrogens (tertiary/aromatic N) is 2. The summed E-state index contributed by atoms with van der Waals surface area (Å²) in [6.45, 7) is 2.67. The van der Waals surface area contributed by atoms with E-state index in [0.29, 0.717) is 33.9 Å². The fourth-order valence-electron chi connectivity index (χ4n) is 2.95. The van der Waals surface area contributed by atoms with E-state index < -0.39 is 0 Å². The number of hydrogen-bond donors (Lipinski definition) is 2. The first-order valence-electron chi connectivity index (χ1n) is 9.28. The van der Waals surface area contributed by atoms with E-state index in [-0.39, 0.29) is 36.9 Å². The van der Waals surface area contributed by atoms with Crippen molar-refractivity contribution < 1.29 is 9.59 Å². The maximum Gasteiger partial charge on any atom is 0.258 e. The lowest BCUT2D eigenvalue weighted by Gasteiger charge is -2.20. The van der Waals surface area contributed by atoms with Crippen molar-refractivity contribution in [3.8, 4) is 0 Å². The Balaban J connectivity index is 1.60. The lowest BCUT2D eigenvalue weighted by Crippen LogP contribution is -2.35. The topological polar surface area (TPSA) is 95.2 Å². The summed E-state index contributed by atoms with van der Waals surface area (Å²) in [6.07, 6.45) is 0.127. The molecule has 1 aromatic heterocycles. The van der Waals surface area contributed by atoms with Gasteiger partial charge in [-0.05, 0) is 31.2 Å². The molecule has 1 heterocycles. The van der Waals surface area contributed by atoms with Crippen LogP contribution in [0.2, 0.25) is 5.02 Å². The highest BCUT2D eigenvalue weighted by molar-refractivity contribution is 6.33. The second kappa shape index (κ2) is 9.34. The van der Waals surface area contributed by atoms with E-state index in [1.807, 2.05) is 13.0 Å². The Morgan fingerprint density at radius 2 is 1.86 bits per heavy atom. The van der Waals surface area contributed by atoms with Crippen LogP contribution in [0.15, 0.2) is 53.3 Å². The highest BCUT2D eigenvalue weighted by Crippen LogP contribution is 2.14. The molecule has 0 aliphatic heterocycles. The van der Waals surface area contributed by atoms with Gasteiger partial charge in [-0.1, -0.05) is 35.9 Å². The summed E-state index contributed by atoms with van der Waals surface area (Å²) in [5.41, 5.74) is 0.717. The van der Waals surface area contributed by atoms with E-state index in [1.54, 1.807) is 47.4 Å². The van der Waals surface area contributed by atoms with Crippen molar-refractivity contribution in [3.63, 3.8) is 0 Å². The molecule has 0 aliphatic carbocycles. The molecule has 0 saturated carbocycles. The highest BCUT2D eigenvalue weighted by Gasteiger charge is 2.15. The number of benzene rings is 2. The average molecular weight is 413 g/mol. The van der Waals surface area contributed by atoms with Gasteiger partial charge in [0.25, 0.3) is 11.5 Å². The van der Waals surface area contributed by atoms with E-state index in [4.69, 9.17) is 11.6 Å². The van der Waals surface area contributed by atoms with Crippen molar-refractivity contribution >= 4 is 34.3 Å². The average Bonchev–Trinajstić information content (AvgIpc) is 2.72. The van der Waals surface area contributed by atoms with Crippen LogP contribution in [0.5, 0.6) is 0 Å². The van der Waals surface area contributed by atoms with Crippen LogP contribution < -0.4 is 10.9 Å². The van der Waals surface area contributed by atoms with Gasteiger partial charge < -0.3 is 15.2 Å². The van der Waals surface area contributed by atoms with Gasteiger partial charge in [0.15, 0.2) is 0 Å². The Bertz CT molecular complexity index is 1100. The molecule has 0 atom stereocenters. The number of H-pyrrole nitrogens is 1. The van der Waals surface area contributed by atoms with Gasteiger partial charge in [-0.3, -0.25) is 14.4 Å². The summed E-state index contributed by atoms with van der Waals surface area (Å²) < 4.78 is 0. The molecule has 0 saturated heterocycles. The van der Waals surface area contributed by atoms with E-state index >= 15 is 0 Å². The first kappa shape index (κ1) is 20.5. The van der Waals surface area contributed by atoms with Crippen molar-refractivity contribution in [1.29, 1.82) is 0 Å². The Morgan fingerprint density at radius 1 is 1.14 bits per heavy atom. The second-order valence-corrected chi connectivity index (χ2v) is 6.83. The van der Waals surface area contributed by atoms with Gasteiger partial charge in [0.2, 0.25) is 5.91 Å². The van der Waals surface area contributed by atoms with Crippen LogP contribution in [-0.2, 0) is 11.3 Å². The van der Waals surface area contributed by atoms with Crippen LogP contribution in [0, 0.1) is 0 Å². The molecule has 3 aromatic rings. The molecule has 0 radical (unpaired) electrons. The van der Waals surface area contributed by atoms with Crippen LogP contribution in [0.25, 0.3) is 10.9 Å². The van der Waals surface area contributed by atoms with Gasteiger partial charge in [0, 0.05) is 19.5 Å². The Hall–Kier alpha value is -3.19. The monoisotopic (exact) mass is 412 g/mol. The van der Waals surface area contributed by atoms with Crippen LogP contribution >= 0.6 is 11.6 Å². The number of rotatable bonds is 7. The van der Waals surface area contributed by atoms with Crippen molar-refractivity contribution in [2.24, 2.45) is 0 Å². The standard InChI is InChI=1S/C21H21ClN4O3/c1-2-26(13-18-24-17-10-6-4-8-15(17)21(29)25-18)19(27)11-12-23-20(28)14-7-3-5-9-16(14)22/h3-10H,2,11-13H2,1H3,(H,23,28)(H,24,25,29). The minimum atomic E-state index is -0.327. The molecule has 0 aliphatic rings. The molecule has 3 rings (SSSR count). The third-order valence-corrected chi connectivity index (χ3v) is 4.81. The smallest absolute Gasteiger partial charge is 0.258 e. The number of carbonyl (C=O) groups is 2. The van der Waals surface area contributed by atoms with Crippen LogP contribution in [0.1, 0.15) is 29.5 Å². The number of halogens is 1. The maximum absolute atomic E-state index is 12.5. The number of hydrogen-bond acceptors (Lipinski definition) is 4. The Kier molecular flexibility index (Phi) is 6.61. The summed E-state index contributed by atoms with van der Waals surface area (Å²) in [5.74, 6) is -0.0567. The van der Waals surface area contributed by atoms with Gasteiger partial charge in [0.05, 0.1) is 28.0 Å². The summed E-state index contributed by atoms with van der Waals surface area (Å²) in [7, 11) is 0. The molecule has 0 fully saturated rings. The Morgan fingerprint density at radius 3 is 2.62 bits per heavy atom. The first-order chi connectivity index (χ1) is 14.0. The third kappa shape index (κ3) is 5.00. The van der Waals surface area contributed by atoms with Crippen molar-refractivity contribution in [2.75, 3.05) is 13.1 Å². The second-order valence-electron chi connectivity index (χ2n) is 6.42. The molecular formula is C21H21ClN4O3. The Labute approximate surface area is 172 Å². The maximum atomic E-state index is 12.5. The molecule has 8 heteroatoms. The minimum Gasteiger partial charge on any atom is -0.351 e. The molecule has 2 N–H and O–H groups in total. The molecule has 2 aromatic carbocycles. The number of fused-ring (bicyclic) bond motifs is 1. The zero-order chi connectivity index (χ0) is 20.8. The predicted molar refractivity (Wildman–Crippen MR) is 112 cm³/mol. The SMILES string of the molecule is CCN(Cc1nc2ccccc2c(=O)[nH]1)C(=O)CCNC(=O)c1ccccc1Cl. The van der Waals surface area contributed by atoms with Crippen molar-refractivity contribution in [2.45, 2.75) is 19.9 Å². The summed E-state index contributed by atoms with van der Waals surface area (Å²) in [5, 5.41) is 3.57. The molecule has 2 amide bonds. The minimum absolute atomic E-state index is 0.127. The van der Waals surface area contributed by atoms with Crippen LogP contribution in [0.3, 0.4) is 0 Å². The third-order valence-electron chi connectivity index (χ3n) is 4.48. The lowest BCUT2D eigenvalue weighted by molar-refractivity contribution is -0.131. The summed E-state index contributed by atoms with van der Waals surface area (Å²) >= 11 is 6.01. The van der Waals surface area contributed by atoms with Gasteiger partial charge in [-0.25, -0.2) is 4.98 Å². The van der Waals surface area contributed by atoms with E-state index in [0.717, 1.165) is 0 Å². The molecule has 29 heavy (non-hydrogen) atoms. The molecule has 0 spiro atoms. The van der Waals surface area contributed by atoms with Crippen molar-refractivity contribution in [1.82, 2.24) is 20.2 Å². The molecule has 0 unspecified atom stereocenters. The largest absolute Gasteiger partial charge is 0.351 e. The van der Waals surface area contributed by atoms with Gasteiger partial charge in [-0.15, -0.1) is 0 Å². The van der Waals surface area contributed by atoms with Crippen molar-refractivity contribution in [3.05, 3.63) is 75.3 Å². The summed E-state index contributed by atoms with van der Waals surface area (Å²) in [6, 6.07) is 13.8. The van der Waals surface area contributed by atoms with Crippen LogP contribution in [-0.4, -0.2) is 39.8 Å². The fraction of sp³-hybridized carbons (Fsp3) is 0.238. The zero-order valence-electron chi connectivity index (χ0n) is 15.9. The normalized spacial score (nSPS) is 10.7. The molecule has 7 nitrogen and oxygen atoms in total. The zero-order valence-corrected chi connectivity index (χ0v) is 16.7. The molecular weight excluding hydrogens is 392 g/mol. The number of amides is 2. The molecule has 0 bridgehead atoms. The van der Waals surface area contributed by atoms with E-state index in [9.17, 15) is 14.4 Å². The fourth-order valence-corrected chi connectivity index (χ4v) is 3.17. The number of aromatic nitrogens is 2. The van der Waals surface area contributed by atoms with Gasteiger partial charge in [0.1, 0.15) is 5.82 Å². The number of carbonyl (C=O) groups excluding carboxylic acids is 2. The quantitative estimate of drug-likeness (QED) is 0.623. The van der Waals surface area contributed by atoms with Gasteiger partial charge >= 0.3 is 0 Å². The molecule has 150 valence electrons. The first-order valence-corrected chi connectivity index (χ1v) is 9.66. The number of nitrogens with one attached hydrogen (secondary N) is 2. The van der Waals surface area contributed by atoms with E-state index in [1.165, 1.54) is 0 Å². The van der Waals surface area contributed by atoms with Crippen LogP contribution in [0.4, 0.5) is 0 Å². The van der Waals surface area contributed by atoms with E-state index in [2.05, 4.69) is 15.3 Å². The summed E-state index contributed by atoms with van der Waals surface area (Å²) in [4.78, 5) is 45.6. The lowest BCUT2D eigenvalue weighted by atomic mass is 10.2.